The fourth-order valence-corrected chi connectivity index (χ4v) is 2.28. The number of rotatable bonds is 4. The Morgan fingerprint density at radius 2 is 2.20 bits per heavy atom. The number of hydrogen-bond donors (Lipinski definition) is 2. The molecule has 0 radical (unpaired) electrons. The lowest BCUT2D eigenvalue weighted by molar-refractivity contribution is 0.518. The summed E-state index contributed by atoms with van der Waals surface area (Å²) >= 11 is 0. The lowest BCUT2D eigenvalue weighted by Crippen LogP contribution is -2.07. The van der Waals surface area contributed by atoms with Crippen LogP contribution in [0.3, 0.4) is 0 Å². The first-order valence-corrected chi connectivity index (χ1v) is 5.80. The van der Waals surface area contributed by atoms with Crippen LogP contribution >= 0.6 is 0 Å². The summed E-state index contributed by atoms with van der Waals surface area (Å²) in [5, 5.41) is 3.39. The number of nitrogens with one attached hydrogen (secondary N) is 1. The van der Waals surface area contributed by atoms with Gasteiger partial charge in [0.25, 0.3) is 0 Å². The second-order valence-electron chi connectivity index (χ2n) is 4.34. The predicted molar refractivity (Wildman–Crippen MR) is 63.7 cm³/mol. The van der Waals surface area contributed by atoms with E-state index in [-0.39, 0.29) is 0 Å². The Morgan fingerprint density at radius 3 is 2.93 bits per heavy atom. The Morgan fingerprint density at radius 1 is 1.40 bits per heavy atom. The van der Waals surface area contributed by atoms with Gasteiger partial charge in [0.2, 0.25) is 0 Å². The van der Waals surface area contributed by atoms with Crippen molar-refractivity contribution >= 4 is 11.5 Å². The van der Waals surface area contributed by atoms with Gasteiger partial charge in [0.1, 0.15) is 5.82 Å². The van der Waals surface area contributed by atoms with E-state index in [1.54, 1.807) is 6.20 Å². The fourth-order valence-electron chi connectivity index (χ4n) is 2.28. The van der Waals surface area contributed by atoms with Crippen LogP contribution in [0.1, 0.15) is 32.1 Å². The van der Waals surface area contributed by atoms with Crippen molar-refractivity contribution in [1.29, 1.82) is 0 Å². The molecule has 15 heavy (non-hydrogen) atoms. The molecule has 0 aliphatic heterocycles. The molecule has 2 rings (SSSR count). The van der Waals surface area contributed by atoms with Gasteiger partial charge in [-0.1, -0.05) is 25.7 Å². The van der Waals surface area contributed by atoms with Crippen molar-refractivity contribution in [3.63, 3.8) is 0 Å². The maximum Gasteiger partial charge on any atom is 0.125 e. The third kappa shape index (κ3) is 3.11. The maximum atomic E-state index is 5.60. The van der Waals surface area contributed by atoms with Gasteiger partial charge in [0.15, 0.2) is 0 Å². The Bertz CT molecular complexity index is 305. The minimum absolute atomic E-state index is 0.584. The van der Waals surface area contributed by atoms with Crippen LogP contribution in [-0.4, -0.2) is 11.5 Å². The molecule has 1 aromatic heterocycles. The molecule has 0 aromatic carbocycles. The maximum absolute atomic E-state index is 5.60. The molecule has 0 atom stereocenters. The third-order valence-corrected chi connectivity index (χ3v) is 3.14. The van der Waals surface area contributed by atoms with Gasteiger partial charge in [-0.2, -0.15) is 0 Å². The van der Waals surface area contributed by atoms with Crippen molar-refractivity contribution in [3.8, 4) is 0 Å². The van der Waals surface area contributed by atoms with Crippen molar-refractivity contribution in [2.45, 2.75) is 32.1 Å². The highest BCUT2D eigenvalue weighted by Crippen LogP contribution is 2.27. The standard InChI is InChI=1S/C12H19N3/c13-12-9-11(6-8-15-12)14-7-5-10-3-1-2-4-10/h6,8-10H,1-5,7H2,(H3,13,14,15). The molecule has 0 amide bonds. The van der Waals surface area contributed by atoms with Crippen molar-refractivity contribution in [3.05, 3.63) is 18.3 Å². The topological polar surface area (TPSA) is 50.9 Å². The summed E-state index contributed by atoms with van der Waals surface area (Å²) in [5.74, 6) is 1.53. The van der Waals surface area contributed by atoms with Crippen LogP contribution < -0.4 is 11.1 Å². The zero-order chi connectivity index (χ0) is 10.5. The smallest absolute Gasteiger partial charge is 0.125 e. The molecule has 3 N–H and O–H groups in total. The van der Waals surface area contributed by atoms with E-state index in [1.807, 2.05) is 12.1 Å². The molecule has 3 nitrogen and oxygen atoms in total. The van der Waals surface area contributed by atoms with Crippen molar-refractivity contribution < 1.29 is 0 Å². The van der Waals surface area contributed by atoms with E-state index in [4.69, 9.17) is 5.73 Å². The molecule has 0 bridgehead atoms. The molecule has 0 spiro atoms. The monoisotopic (exact) mass is 205 g/mol. The molecule has 0 unspecified atom stereocenters. The average Bonchev–Trinajstić information content (AvgIpc) is 2.71. The number of anilines is 2. The van der Waals surface area contributed by atoms with Crippen LogP contribution in [0.4, 0.5) is 11.5 Å². The lowest BCUT2D eigenvalue weighted by Gasteiger charge is -2.10. The van der Waals surface area contributed by atoms with Gasteiger partial charge >= 0.3 is 0 Å². The van der Waals surface area contributed by atoms with Crippen LogP contribution in [0.15, 0.2) is 18.3 Å². The van der Waals surface area contributed by atoms with E-state index in [0.717, 1.165) is 18.2 Å². The highest BCUT2D eigenvalue weighted by molar-refractivity contribution is 5.49. The summed E-state index contributed by atoms with van der Waals surface area (Å²) in [4.78, 5) is 3.96. The minimum Gasteiger partial charge on any atom is -0.385 e. The largest absolute Gasteiger partial charge is 0.385 e. The number of nitrogens with two attached hydrogens (primary N) is 1. The highest BCUT2D eigenvalue weighted by atomic mass is 14.9. The Hall–Kier alpha value is -1.25. The summed E-state index contributed by atoms with van der Waals surface area (Å²) in [6.07, 6.45) is 8.70. The highest BCUT2D eigenvalue weighted by Gasteiger charge is 2.13. The van der Waals surface area contributed by atoms with Crippen LogP contribution in [-0.2, 0) is 0 Å². The Labute approximate surface area is 91.1 Å². The van der Waals surface area contributed by atoms with Gasteiger partial charge in [-0.25, -0.2) is 4.98 Å². The number of nitrogens with zero attached hydrogens (tertiary/aromatic N) is 1. The number of nitrogen functional groups attached to an aromatic ring is 1. The summed E-state index contributed by atoms with van der Waals surface area (Å²) in [6, 6.07) is 3.85. The van der Waals surface area contributed by atoms with Crippen molar-refractivity contribution in [1.82, 2.24) is 4.98 Å². The fraction of sp³-hybridized carbons (Fsp3) is 0.583. The van der Waals surface area contributed by atoms with E-state index in [0.29, 0.717) is 5.82 Å². The number of pyridine rings is 1. The number of hydrogen-bond acceptors (Lipinski definition) is 3. The zero-order valence-electron chi connectivity index (χ0n) is 9.08. The first-order chi connectivity index (χ1) is 7.34. The second kappa shape index (κ2) is 5.01. The van der Waals surface area contributed by atoms with Crippen LogP contribution in [0.25, 0.3) is 0 Å². The van der Waals surface area contributed by atoms with Crippen LogP contribution in [0.2, 0.25) is 0 Å². The zero-order valence-corrected chi connectivity index (χ0v) is 9.08. The molecule has 0 saturated heterocycles. The van der Waals surface area contributed by atoms with Crippen molar-refractivity contribution in [2.24, 2.45) is 5.92 Å². The van der Waals surface area contributed by atoms with Gasteiger partial charge in [-0.3, -0.25) is 0 Å². The SMILES string of the molecule is Nc1cc(NCCC2CCCC2)ccn1. The van der Waals surface area contributed by atoms with Gasteiger partial charge in [-0.15, -0.1) is 0 Å². The minimum atomic E-state index is 0.584. The van der Waals surface area contributed by atoms with Crippen LogP contribution in [0, 0.1) is 5.92 Å². The summed E-state index contributed by atoms with van der Waals surface area (Å²) in [7, 11) is 0. The normalized spacial score (nSPS) is 16.8. The Kier molecular flexibility index (Phi) is 3.43. The molecule has 1 heterocycles. The molecule has 1 aliphatic carbocycles. The van der Waals surface area contributed by atoms with E-state index < -0.39 is 0 Å². The first-order valence-electron chi connectivity index (χ1n) is 5.80. The van der Waals surface area contributed by atoms with Gasteiger partial charge in [0.05, 0.1) is 0 Å². The summed E-state index contributed by atoms with van der Waals surface area (Å²) in [6.45, 7) is 1.05. The van der Waals surface area contributed by atoms with E-state index in [2.05, 4.69) is 10.3 Å². The molecule has 82 valence electrons. The van der Waals surface area contributed by atoms with E-state index in [9.17, 15) is 0 Å². The molecule has 1 aliphatic rings. The second-order valence-corrected chi connectivity index (χ2v) is 4.34. The van der Waals surface area contributed by atoms with Crippen molar-refractivity contribution in [2.75, 3.05) is 17.6 Å². The molecule has 1 fully saturated rings. The summed E-state index contributed by atoms with van der Waals surface area (Å²) < 4.78 is 0. The third-order valence-electron chi connectivity index (χ3n) is 3.14. The van der Waals surface area contributed by atoms with Gasteiger partial charge in [-0.05, 0) is 18.4 Å². The molecular formula is C12H19N3. The predicted octanol–water partition coefficient (Wildman–Crippen LogP) is 2.66. The van der Waals surface area contributed by atoms with Gasteiger partial charge in [0, 0.05) is 24.5 Å². The Balaban J connectivity index is 1.73. The average molecular weight is 205 g/mol. The first kappa shape index (κ1) is 10.3. The molecule has 3 heteroatoms. The lowest BCUT2D eigenvalue weighted by atomic mass is 10.0. The van der Waals surface area contributed by atoms with Crippen LogP contribution in [0.5, 0.6) is 0 Å². The van der Waals surface area contributed by atoms with E-state index >= 15 is 0 Å². The molecular weight excluding hydrogens is 186 g/mol. The number of aromatic nitrogens is 1. The molecule has 1 aromatic rings. The quantitative estimate of drug-likeness (QED) is 0.794. The van der Waals surface area contributed by atoms with Gasteiger partial charge < -0.3 is 11.1 Å². The molecule has 1 saturated carbocycles. The van der Waals surface area contributed by atoms with E-state index in [1.165, 1.54) is 32.1 Å². The summed E-state index contributed by atoms with van der Waals surface area (Å²) in [5.41, 5.74) is 6.69.